The van der Waals surface area contributed by atoms with Gasteiger partial charge >= 0.3 is 6.03 Å². The summed E-state index contributed by atoms with van der Waals surface area (Å²) in [6, 6.07) is 20.1. The van der Waals surface area contributed by atoms with Crippen molar-refractivity contribution in [2.45, 2.75) is 17.7 Å². The zero-order valence-corrected chi connectivity index (χ0v) is 19.6. The van der Waals surface area contributed by atoms with E-state index >= 15 is 0 Å². The Bertz CT molecular complexity index is 1280. The van der Waals surface area contributed by atoms with Crippen LogP contribution in [0.1, 0.15) is 12.8 Å². The van der Waals surface area contributed by atoms with Gasteiger partial charge in [-0.15, -0.1) is 0 Å². The molecule has 0 radical (unpaired) electrons. The highest BCUT2D eigenvalue weighted by Gasteiger charge is 2.32. The van der Waals surface area contributed by atoms with Crippen LogP contribution >= 0.6 is 0 Å². The van der Waals surface area contributed by atoms with Crippen molar-refractivity contribution < 1.29 is 22.4 Å². The van der Waals surface area contributed by atoms with Crippen LogP contribution in [-0.2, 0) is 14.8 Å². The molecule has 182 valence electrons. The highest BCUT2D eigenvalue weighted by Crippen LogP contribution is 2.25. The molecule has 1 heterocycles. The zero-order valence-electron chi connectivity index (χ0n) is 18.8. The summed E-state index contributed by atoms with van der Waals surface area (Å²) in [6.07, 6.45) is 0.761. The van der Waals surface area contributed by atoms with Gasteiger partial charge in [-0.2, -0.15) is 4.31 Å². The lowest BCUT2D eigenvalue weighted by Gasteiger charge is -2.30. The lowest BCUT2D eigenvalue weighted by Crippen LogP contribution is -2.41. The second-order valence-electron chi connectivity index (χ2n) is 8.14. The Morgan fingerprint density at radius 3 is 1.83 bits per heavy atom. The number of amides is 3. The van der Waals surface area contributed by atoms with Crippen molar-refractivity contribution in [2.75, 3.05) is 29.0 Å². The quantitative estimate of drug-likeness (QED) is 0.467. The molecule has 35 heavy (non-hydrogen) atoms. The lowest BCUT2D eigenvalue weighted by molar-refractivity contribution is -0.120. The summed E-state index contributed by atoms with van der Waals surface area (Å²) in [5.41, 5.74) is 1.81. The molecular weight excluding hydrogens is 471 g/mol. The molecule has 0 aliphatic carbocycles. The minimum Gasteiger partial charge on any atom is -0.326 e. The molecule has 1 fully saturated rings. The van der Waals surface area contributed by atoms with Gasteiger partial charge in [-0.05, 0) is 73.5 Å². The third kappa shape index (κ3) is 6.23. The molecule has 3 amide bonds. The van der Waals surface area contributed by atoms with Crippen LogP contribution in [0, 0.1) is 11.7 Å². The van der Waals surface area contributed by atoms with E-state index in [4.69, 9.17) is 0 Å². The maximum Gasteiger partial charge on any atom is 0.323 e. The van der Waals surface area contributed by atoms with E-state index < -0.39 is 15.8 Å². The average Bonchev–Trinajstić information content (AvgIpc) is 2.86. The number of hydrogen-bond acceptors (Lipinski definition) is 4. The average molecular weight is 497 g/mol. The smallest absolute Gasteiger partial charge is 0.323 e. The minimum atomic E-state index is -3.73. The largest absolute Gasteiger partial charge is 0.326 e. The van der Waals surface area contributed by atoms with Gasteiger partial charge < -0.3 is 16.0 Å². The Morgan fingerprint density at radius 1 is 0.743 bits per heavy atom. The number of sulfonamides is 1. The molecule has 4 rings (SSSR count). The number of piperidine rings is 1. The third-order valence-corrected chi connectivity index (χ3v) is 7.63. The molecular formula is C25H25FN4O4S. The highest BCUT2D eigenvalue weighted by atomic mass is 32.2. The van der Waals surface area contributed by atoms with Gasteiger partial charge in [-0.3, -0.25) is 4.79 Å². The topological polar surface area (TPSA) is 108 Å². The number of carbonyl (C=O) groups excluding carboxylic acids is 2. The van der Waals surface area contributed by atoms with E-state index in [9.17, 15) is 22.4 Å². The van der Waals surface area contributed by atoms with Crippen molar-refractivity contribution >= 4 is 39.0 Å². The van der Waals surface area contributed by atoms with Crippen LogP contribution < -0.4 is 16.0 Å². The Morgan fingerprint density at radius 2 is 1.26 bits per heavy atom. The molecule has 0 atom stereocenters. The number of hydrogen-bond donors (Lipinski definition) is 3. The Hall–Kier alpha value is -3.76. The fourth-order valence-corrected chi connectivity index (χ4v) is 5.28. The molecule has 3 N–H and O–H groups in total. The van der Waals surface area contributed by atoms with Crippen LogP contribution in [0.4, 0.5) is 26.2 Å². The summed E-state index contributed by atoms with van der Waals surface area (Å²) < 4.78 is 39.9. The molecule has 0 bridgehead atoms. The molecule has 0 saturated carbocycles. The summed E-state index contributed by atoms with van der Waals surface area (Å²) >= 11 is 0. The lowest BCUT2D eigenvalue weighted by atomic mass is 9.97. The van der Waals surface area contributed by atoms with Crippen molar-refractivity contribution in [1.82, 2.24) is 4.31 Å². The van der Waals surface area contributed by atoms with Crippen molar-refractivity contribution in [1.29, 1.82) is 0 Å². The molecule has 3 aromatic rings. The van der Waals surface area contributed by atoms with Gasteiger partial charge in [0, 0.05) is 36.1 Å². The van der Waals surface area contributed by atoms with Crippen LogP contribution in [0.25, 0.3) is 0 Å². The first-order valence-corrected chi connectivity index (χ1v) is 12.5. The number of nitrogens with zero attached hydrogens (tertiary/aromatic N) is 1. The molecule has 8 nitrogen and oxygen atoms in total. The fraction of sp³-hybridized carbons (Fsp3) is 0.200. The summed E-state index contributed by atoms with van der Waals surface area (Å²) in [7, 11) is -3.73. The van der Waals surface area contributed by atoms with E-state index in [0.717, 1.165) is 12.1 Å². The number of halogens is 1. The maximum atomic E-state index is 13.1. The van der Waals surface area contributed by atoms with Crippen LogP contribution in [0.15, 0.2) is 83.8 Å². The van der Waals surface area contributed by atoms with Gasteiger partial charge in [-0.1, -0.05) is 18.2 Å². The number of urea groups is 1. The monoisotopic (exact) mass is 496 g/mol. The van der Waals surface area contributed by atoms with Crippen LogP contribution in [0.2, 0.25) is 0 Å². The number of nitrogens with one attached hydrogen (secondary N) is 3. The first-order valence-electron chi connectivity index (χ1n) is 11.1. The molecule has 3 aromatic carbocycles. The Balaban J connectivity index is 1.27. The number of benzene rings is 3. The maximum absolute atomic E-state index is 13.1. The number of anilines is 3. The van der Waals surface area contributed by atoms with Gasteiger partial charge in [0.25, 0.3) is 0 Å². The first kappa shape index (κ1) is 24.4. The minimum absolute atomic E-state index is 0.0351. The van der Waals surface area contributed by atoms with Crippen molar-refractivity contribution in [2.24, 2.45) is 5.92 Å². The van der Waals surface area contributed by atoms with E-state index in [1.165, 1.54) is 16.4 Å². The van der Waals surface area contributed by atoms with Crippen LogP contribution in [-0.4, -0.2) is 37.8 Å². The van der Waals surface area contributed by atoms with E-state index in [1.54, 1.807) is 36.4 Å². The summed E-state index contributed by atoms with van der Waals surface area (Å²) in [6.45, 7) is 0.411. The first-order chi connectivity index (χ1) is 16.8. The van der Waals surface area contributed by atoms with Gasteiger partial charge in [-0.25, -0.2) is 17.6 Å². The van der Waals surface area contributed by atoms with Gasteiger partial charge in [0.05, 0.1) is 4.90 Å². The Kier molecular flexibility index (Phi) is 7.42. The van der Waals surface area contributed by atoms with Crippen LogP contribution in [0.5, 0.6) is 0 Å². The van der Waals surface area contributed by atoms with Crippen molar-refractivity contribution in [3.8, 4) is 0 Å². The normalized spacial score (nSPS) is 14.8. The molecule has 0 unspecified atom stereocenters. The summed E-state index contributed by atoms with van der Waals surface area (Å²) in [4.78, 5) is 24.8. The molecule has 0 aromatic heterocycles. The zero-order chi connectivity index (χ0) is 24.8. The van der Waals surface area contributed by atoms with Gasteiger partial charge in [0.15, 0.2) is 0 Å². The summed E-state index contributed by atoms with van der Waals surface area (Å²) in [5.74, 6) is -1.02. The standard InChI is InChI=1S/C25H25FN4O4S/c26-19-6-12-23(13-7-19)35(33,34)30-16-14-18(15-17-30)24(31)27-21-8-10-22(11-9-21)29-25(32)28-20-4-2-1-3-5-20/h1-13,18H,14-17H2,(H,27,31)(H2,28,29,32). The molecule has 1 aliphatic heterocycles. The molecule has 10 heteroatoms. The number of carbonyl (C=O) groups is 2. The van der Waals surface area contributed by atoms with E-state index in [-0.39, 0.29) is 35.8 Å². The number of para-hydroxylation sites is 1. The molecule has 0 spiro atoms. The SMILES string of the molecule is O=C(Nc1ccccc1)Nc1ccc(NC(=O)C2CCN(S(=O)(=O)c3ccc(F)cc3)CC2)cc1. The predicted molar refractivity (Wildman–Crippen MR) is 132 cm³/mol. The van der Waals surface area contributed by atoms with Crippen LogP contribution in [0.3, 0.4) is 0 Å². The second-order valence-corrected chi connectivity index (χ2v) is 10.1. The van der Waals surface area contributed by atoms with Crippen molar-refractivity contribution in [3.63, 3.8) is 0 Å². The van der Waals surface area contributed by atoms with Gasteiger partial charge in [0.1, 0.15) is 5.82 Å². The summed E-state index contributed by atoms with van der Waals surface area (Å²) in [5, 5.41) is 8.29. The highest BCUT2D eigenvalue weighted by molar-refractivity contribution is 7.89. The Labute approximate surface area is 203 Å². The second kappa shape index (κ2) is 10.7. The third-order valence-electron chi connectivity index (χ3n) is 5.72. The van der Waals surface area contributed by atoms with E-state index in [1.807, 2.05) is 18.2 Å². The fourth-order valence-electron chi connectivity index (χ4n) is 3.81. The van der Waals surface area contributed by atoms with E-state index in [0.29, 0.717) is 29.9 Å². The predicted octanol–water partition coefficient (Wildman–Crippen LogP) is 4.51. The van der Waals surface area contributed by atoms with Gasteiger partial charge in [0.2, 0.25) is 15.9 Å². The number of rotatable bonds is 6. The molecule has 1 saturated heterocycles. The molecule has 1 aliphatic rings. The van der Waals surface area contributed by atoms with Crippen molar-refractivity contribution in [3.05, 3.63) is 84.7 Å². The van der Waals surface area contributed by atoms with E-state index in [2.05, 4.69) is 16.0 Å².